The van der Waals surface area contributed by atoms with Gasteiger partial charge in [-0.3, -0.25) is 0 Å². The van der Waals surface area contributed by atoms with E-state index in [-0.39, 0.29) is 24.4 Å². The lowest BCUT2D eigenvalue weighted by atomic mass is 10.0. The number of furan rings is 1. The third-order valence-corrected chi connectivity index (χ3v) is 5.12. The molecule has 0 spiro atoms. The molecule has 2 saturated heterocycles. The Kier molecular flexibility index (Phi) is 8.28. The normalized spacial score (nSPS) is 27.9. The van der Waals surface area contributed by atoms with Gasteiger partial charge in [0.1, 0.15) is 5.76 Å². The highest BCUT2D eigenvalue weighted by molar-refractivity contribution is 5.43. The molecule has 5 nitrogen and oxygen atoms in total. The predicted molar refractivity (Wildman–Crippen MR) is 117 cm³/mol. The van der Waals surface area contributed by atoms with Gasteiger partial charge in [-0.25, -0.2) is 0 Å². The third kappa shape index (κ3) is 6.54. The summed E-state index contributed by atoms with van der Waals surface area (Å²) in [7, 11) is 0. The molecule has 2 aliphatic rings. The summed E-state index contributed by atoms with van der Waals surface area (Å²) in [5.41, 5.74) is 1.16. The average Bonchev–Trinajstić information content (AvgIpc) is 3.48. The monoisotopic (exact) mass is 414 g/mol. The summed E-state index contributed by atoms with van der Waals surface area (Å²) in [5, 5.41) is 0. The van der Waals surface area contributed by atoms with Gasteiger partial charge in [0, 0.05) is 12.8 Å². The summed E-state index contributed by atoms with van der Waals surface area (Å²) in [5.74, 6) is 0.297. The summed E-state index contributed by atoms with van der Waals surface area (Å²) in [6.45, 7) is 9.06. The van der Waals surface area contributed by atoms with E-state index < -0.39 is 5.79 Å². The second-order valence-corrected chi connectivity index (χ2v) is 7.84. The molecule has 3 heterocycles. The van der Waals surface area contributed by atoms with Crippen molar-refractivity contribution in [1.82, 2.24) is 0 Å². The topological polar surface area (TPSA) is 50.1 Å². The first-order chi connectivity index (χ1) is 14.6. The highest BCUT2D eigenvalue weighted by Crippen LogP contribution is 2.32. The number of hydrogen-bond donors (Lipinski definition) is 0. The lowest BCUT2D eigenvalue weighted by Gasteiger charge is -2.22. The number of ether oxygens (including phenoxy) is 4. The Morgan fingerprint density at radius 2 is 1.90 bits per heavy atom. The highest BCUT2D eigenvalue weighted by atomic mass is 16.7. The molecule has 0 unspecified atom stereocenters. The van der Waals surface area contributed by atoms with Gasteiger partial charge < -0.3 is 23.4 Å². The molecule has 0 N–H and O–H groups in total. The van der Waals surface area contributed by atoms with Crippen LogP contribution in [0.4, 0.5) is 0 Å². The quantitative estimate of drug-likeness (QED) is 0.590. The zero-order valence-corrected chi connectivity index (χ0v) is 18.5. The lowest BCUT2D eigenvalue weighted by molar-refractivity contribution is -0.144. The molecular formula is C25H34O5. The summed E-state index contributed by atoms with van der Waals surface area (Å²) in [6.07, 6.45) is 7.24. The predicted octanol–water partition coefficient (Wildman–Crippen LogP) is 5.60. The Bertz CT molecular complexity index is 753. The van der Waals surface area contributed by atoms with E-state index in [0.29, 0.717) is 13.2 Å². The van der Waals surface area contributed by atoms with E-state index in [2.05, 4.69) is 12.1 Å². The van der Waals surface area contributed by atoms with E-state index in [9.17, 15) is 0 Å². The first-order valence-electron chi connectivity index (χ1n) is 10.9. The van der Waals surface area contributed by atoms with Gasteiger partial charge in [-0.15, -0.1) is 0 Å². The number of rotatable bonds is 7. The van der Waals surface area contributed by atoms with Gasteiger partial charge in [-0.1, -0.05) is 50.3 Å². The van der Waals surface area contributed by atoms with Crippen LogP contribution in [0.3, 0.4) is 0 Å². The molecule has 1 aromatic carbocycles. The molecule has 164 valence electrons. The van der Waals surface area contributed by atoms with Crippen LogP contribution in [-0.4, -0.2) is 36.8 Å². The van der Waals surface area contributed by atoms with Crippen molar-refractivity contribution in [2.45, 2.75) is 77.3 Å². The maximum Gasteiger partial charge on any atom is 0.163 e. The first-order valence-corrected chi connectivity index (χ1v) is 10.9. The fraction of sp³-hybridized carbons (Fsp3) is 0.520. The summed E-state index contributed by atoms with van der Waals surface area (Å²) in [4.78, 5) is 0. The van der Waals surface area contributed by atoms with E-state index in [1.54, 1.807) is 6.26 Å². The van der Waals surface area contributed by atoms with Crippen molar-refractivity contribution in [3.8, 4) is 0 Å². The zero-order valence-electron chi connectivity index (χ0n) is 18.5. The molecular weight excluding hydrogens is 380 g/mol. The van der Waals surface area contributed by atoms with Crippen LogP contribution in [0.25, 0.3) is 6.08 Å². The molecule has 2 aromatic rings. The van der Waals surface area contributed by atoms with Crippen molar-refractivity contribution in [2.24, 2.45) is 0 Å². The van der Waals surface area contributed by atoms with Gasteiger partial charge in [-0.05, 0) is 37.6 Å². The smallest absolute Gasteiger partial charge is 0.163 e. The largest absolute Gasteiger partial charge is 0.465 e. The molecule has 0 saturated carbocycles. The van der Waals surface area contributed by atoms with Gasteiger partial charge in [0.2, 0.25) is 0 Å². The van der Waals surface area contributed by atoms with Gasteiger partial charge >= 0.3 is 0 Å². The van der Waals surface area contributed by atoms with Gasteiger partial charge in [0.15, 0.2) is 5.79 Å². The van der Waals surface area contributed by atoms with Crippen LogP contribution < -0.4 is 0 Å². The maximum absolute atomic E-state index is 6.30. The van der Waals surface area contributed by atoms with Crippen molar-refractivity contribution in [3.63, 3.8) is 0 Å². The minimum atomic E-state index is -0.526. The average molecular weight is 415 g/mol. The zero-order chi connectivity index (χ0) is 21.4. The molecule has 5 heteroatoms. The van der Waals surface area contributed by atoms with E-state index in [0.717, 1.165) is 24.2 Å². The first kappa shape index (κ1) is 22.8. The Hall–Kier alpha value is -1.92. The van der Waals surface area contributed by atoms with E-state index >= 15 is 0 Å². The Balaban J connectivity index is 0.00000124. The van der Waals surface area contributed by atoms with Crippen LogP contribution in [-0.2, 0) is 25.6 Å². The van der Waals surface area contributed by atoms with Gasteiger partial charge in [-0.2, -0.15) is 0 Å². The molecule has 0 bridgehead atoms. The molecule has 0 radical (unpaired) electrons. The fourth-order valence-electron chi connectivity index (χ4n) is 3.76. The third-order valence-electron chi connectivity index (χ3n) is 5.12. The minimum Gasteiger partial charge on any atom is -0.465 e. The maximum atomic E-state index is 6.30. The SMILES string of the molecule is CC.CC1(C)OC[C@@H](C[C@H]2O[C@@H](/C=C/c3ccco3)C[C@H]2OCc2ccccc2)O1. The number of hydrogen-bond acceptors (Lipinski definition) is 5. The van der Waals surface area contributed by atoms with E-state index in [1.807, 2.05) is 70.2 Å². The van der Waals surface area contributed by atoms with Crippen LogP contribution in [0.1, 0.15) is 51.9 Å². The van der Waals surface area contributed by atoms with Gasteiger partial charge in [0.05, 0.1) is 43.9 Å². The number of benzene rings is 1. The van der Waals surface area contributed by atoms with Crippen molar-refractivity contribution >= 4 is 6.08 Å². The standard InChI is InChI=1S/C23H28O5.C2H6/c1-23(2)26-16-20(28-23)14-22-21(25-15-17-7-4-3-5-8-17)13-19(27-22)11-10-18-9-6-12-24-18;1-2/h3-12,19-22H,13-16H2,1-2H3;1-2H3/b11-10+;/t19-,20+,21+,22+;/m0./s1. The van der Waals surface area contributed by atoms with Crippen molar-refractivity contribution < 1.29 is 23.4 Å². The molecule has 4 atom stereocenters. The van der Waals surface area contributed by atoms with Crippen molar-refractivity contribution in [3.05, 3.63) is 66.1 Å². The van der Waals surface area contributed by atoms with Gasteiger partial charge in [0.25, 0.3) is 0 Å². The highest BCUT2D eigenvalue weighted by Gasteiger charge is 2.40. The van der Waals surface area contributed by atoms with E-state index in [4.69, 9.17) is 23.4 Å². The van der Waals surface area contributed by atoms with Crippen molar-refractivity contribution in [2.75, 3.05) is 6.61 Å². The van der Waals surface area contributed by atoms with Crippen LogP contribution >= 0.6 is 0 Å². The molecule has 0 amide bonds. The van der Waals surface area contributed by atoms with E-state index in [1.165, 1.54) is 0 Å². The molecule has 2 fully saturated rings. The van der Waals surface area contributed by atoms with Crippen LogP contribution in [0, 0.1) is 0 Å². The second-order valence-electron chi connectivity index (χ2n) is 7.84. The molecule has 1 aromatic heterocycles. The minimum absolute atomic E-state index is 0.00814. The summed E-state index contributed by atoms with van der Waals surface area (Å²) < 4.78 is 29.6. The Morgan fingerprint density at radius 1 is 1.10 bits per heavy atom. The Morgan fingerprint density at radius 3 is 2.57 bits per heavy atom. The second kappa shape index (κ2) is 10.9. The summed E-state index contributed by atoms with van der Waals surface area (Å²) >= 11 is 0. The van der Waals surface area contributed by atoms with Crippen molar-refractivity contribution in [1.29, 1.82) is 0 Å². The Labute approximate surface area is 180 Å². The molecule has 2 aliphatic heterocycles. The molecule has 30 heavy (non-hydrogen) atoms. The van der Waals surface area contributed by atoms with Crippen LogP contribution in [0.2, 0.25) is 0 Å². The van der Waals surface area contributed by atoms with Crippen LogP contribution in [0.15, 0.2) is 59.2 Å². The fourth-order valence-corrected chi connectivity index (χ4v) is 3.76. The molecule has 4 rings (SSSR count). The van der Waals surface area contributed by atoms with Crippen LogP contribution in [0.5, 0.6) is 0 Å². The summed E-state index contributed by atoms with van der Waals surface area (Å²) in [6, 6.07) is 14.0. The molecule has 0 aliphatic carbocycles. The lowest BCUT2D eigenvalue weighted by Crippen LogP contribution is -2.30.